The first-order valence-electron chi connectivity index (χ1n) is 3.86. The van der Waals surface area contributed by atoms with Gasteiger partial charge in [0.1, 0.15) is 11.6 Å². The van der Waals surface area contributed by atoms with E-state index in [-0.39, 0.29) is 0 Å². The lowest BCUT2D eigenvalue weighted by Gasteiger charge is -2.01. The molecule has 0 saturated heterocycles. The van der Waals surface area contributed by atoms with Crippen molar-refractivity contribution in [2.75, 3.05) is 5.73 Å². The Morgan fingerprint density at radius 1 is 1.31 bits per heavy atom. The maximum Gasteiger partial charge on any atom is 0.237 e. The smallest absolute Gasteiger partial charge is 0.237 e. The molecule has 2 rings (SSSR count). The Hall–Kier alpha value is -1.91. The van der Waals surface area contributed by atoms with Gasteiger partial charge >= 0.3 is 0 Å². The number of hydrogen-bond acceptors (Lipinski definition) is 4. The van der Waals surface area contributed by atoms with Crippen molar-refractivity contribution in [3.05, 3.63) is 30.5 Å². The first kappa shape index (κ1) is 7.72. The molecule has 0 saturated carbocycles. The Kier molecular flexibility index (Phi) is 1.70. The van der Waals surface area contributed by atoms with Gasteiger partial charge in [0.05, 0.1) is 0 Å². The van der Waals surface area contributed by atoms with Crippen LogP contribution in [0.25, 0.3) is 5.95 Å². The van der Waals surface area contributed by atoms with Gasteiger partial charge in [0.25, 0.3) is 0 Å². The number of nitrogen functional groups attached to an aromatic ring is 1. The molecule has 0 bridgehead atoms. The highest BCUT2D eigenvalue weighted by Crippen LogP contribution is 2.05. The molecule has 0 amide bonds. The van der Waals surface area contributed by atoms with Gasteiger partial charge in [-0.25, -0.2) is 9.97 Å². The van der Waals surface area contributed by atoms with Crippen molar-refractivity contribution in [1.82, 2.24) is 19.5 Å². The van der Waals surface area contributed by atoms with E-state index in [1.165, 1.54) is 0 Å². The molecule has 2 N–H and O–H groups in total. The van der Waals surface area contributed by atoms with E-state index in [2.05, 4.69) is 15.0 Å². The number of aryl methyl sites for hydroxylation is 1. The molecule has 2 aromatic rings. The van der Waals surface area contributed by atoms with E-state index in [1.807, 2.05) is 6.92 Å². The Morgan fingerprint density at radius 2 is 2.15 bits per heavy atom. The van der Waals surface area contributed by atoms with Crippen molar-refractivity contribution in [3.63, 3.8) is 0 Å². The number of rotatable bonds is 1. The molecule has 66 valence electrons. The van der Waals surface area contributed by atoms with Crippen molar-refractivity contribution in [2.45, 2.75) is 6.92 Å². The molecule has 0 unspecified atom stereocenters. The topological polar surface area (TPSA) is 69.6 Å². The summed E-state index contributed by atoms with van der Waals surface area (Å²) in [5, 5.41) is 0. The Bertz CT molecular complexity index is 420. The summed E-state index contributed by atoms with van der Waals surface area (Å²) in [4.78, 5) is 12.2. The monoisotopic (exact) mass is 175 g/mol. The lowest BCUT2D eigenvalue weighted by Crippen LogP contribution is -2.03. The average Bonchev–Trinajstić information content (AvgIpc) is 2.51. The normalized spacial score (nSPS) is 10.2. The highest BCUT2D eigenvalue weighted by atomic mass is 15.2. The fourth-order valence-electron chi connectivity index (χ4n) is 1.07. The first-order valence-corrected chi connectivity index (χ1v) is 3.86. The molecule has 0 aliphatic carbocycles. The van der Waals surface area contributed by atoms with Crippen LogP contribution in [0.3, 0.4) is 0 Å². The number of hydrogen-bond donors (Lipinski definition) is 1. The van der Waals surface area contributed by atoms with Gasteiger partial charge in [-0.2, -0.15) is 4.98 Å². The molecular weight excluding hydrogens is 166 g/mol. The second-order valence-electron chi connectivity index (χ2n) is 2.63. The van der Waals surface area contributed by atoms with Crippen LogP contribution in [0.2, 0.25) is 0 Å². The van der Waals surface area contributed by atoms with E-state index in [0.29, 0.717) is 11.8 Å². The van der Waals surface area contributed by atoms with Gasteiger partial charge in [-0.15, -0.1) is 0 Å². The molecule has 0 spiro atoms. The number of imidazole rings is 1. The van der Waals surface area contributed by atoms with Crippen LogP contribution in [-0.4, -0.2) is 19.5 Å². The van der Waals surface area contributed by atoms with Gasteiger partial charge in [-0.3, -0.25) is 4.57 Å². The van der Waals surface area contributed by atoms with E-state index in [9.17, 15) is 0 Å². The molecule has 0 aromatic carbocycles. The van der Waals surface area contributed by atoms with Crippen LogP contribution >= 0.6 is 0 Å². The Balaban J connectivity index is 2.53. The first-order chi connectivity index (χ1) is 6.27. The van der Waals surface area contributed by atoms with Crippen LogP contribution in [0.1, 0.15) is 5.82 Å². The maximum atomic E-state index is 5.53. The summed E-state index contributed by atoms with van der Waals surface area (Å²) in [6, 6.07) is 1.65. The zero-order valence-corrected chi connectivity index (χ0v) is 7.18. The minimum Gasteiger partial charge on any atom is -0.384 e. The molecule has 0 aliphatic rings. The molecule has 0 fully saturated rings. The van der Waals surface area contributed by atoms with Crippen molar-refractivity contribution in [3.8, 4) is 5.95 Å². The highest BCUT2D eigenvalue weighted by Gasteiger charge is 2.02. The summed E-state index contributed by atoms with van der Waals surface area (Å²) in [5.74, 6) is 1.85. The number of nitrogens with zero attached hydrogens (tertiary/aromatic N) is 4. The summed E-state index contributed by atoms with van der Waals surface area (Å²) in [7, 11) is 0. The van der Waals surface area contributed by atoms with Crippen molar-refractivity contribution < 1.29 is 0 Å². The standard InChI is InChI=1S/C8H9N5/c1-6-10-4-5-13(6)8-11-3-2-7(9)12-8/h2-5H,1H3,(H2,9,11,12). The summed E-state index contributed by atoms with van der Waals surface area (Å²) in [5.41, 5.74) is 5.53. The van der Waals surface area contributed by atoms with Gasteiger partial charge in [0, 0.05) is 18.6 Å². The zero-order valence-electron chi connectivity index (χ0n) is 7.18. The van der Waals surface area contributed by atoms with Crippen molar-refractivity contribution >= 4 is 5.82 Å². The van der Waals surface area contributed by atoms with E-state index >= 15 is 0 Å². The van der Waals surface area contributed by atoms with Crippen LogP contribution in [0, 0.1) is 6.92 Å². The fraction of sp³-hybridized carbons (Fsp3) is 0.125. The lowest BCUT2D eigenvalue weighted by atomic mass is 10.6. The summed E-state index contributed by atoms with van der Waals surface area (Å²) >= 11 is 0. The number of anilines is 1. The molecule has 0 atom stereocenters. The predicted octanol–water partition coefficient (Wildman–Crippen LogP) is 0.553. The molecule has 2 heterocycles. The minimum atomic E-state index is 0.457. The summed E-state index contributed by atoms with van der Waals surface area (Å²) in [6.45, 7) is 1.88. The SMILES string of the molecule is Cc1nccn1-c1nccc(N)n1. The van der Waals surface area contributed by atoms with E-state index in [4.69, 9.17) is 5.73 Å². The zero-order chi connectivity index (χ0) is 9.26. The van der Waals surface area contributed by atoms with Crippen molar-refractivity contribution in [1.29, 1.82) is 0 Å². The van der Waals surface area contributed by atoms with E-state index in [1.54, 1.807) is 29.2 Å². The molecule has 0 aliphatic heterocycles. The minimum absolute atomic E-state index is 0.457. The molecule has 0 radical (unpaired) electrons. The van der Waals surface area contributed by atoms with Gasteiger partial charge in [-0.05, 0) is 13.0 Å². The average molecular weight is 175 g/mol. The van der Waals surface area contributed by atoms with Gasteiger partial charge < -0.3 is 5.73 Å². The van der Waals surface area contributed by atoms with Crippen LogP contribution in [0.15, 0.2) is 24.7 Å². The van der Waals surface area contributed by atoms with E-state index in [0.717, 1.165) is 5.82 Å². The lowest BCUT2D eigenvalue weighted by molar-refractivity contribution is 0.886. The second-order valence-corrected chi connectivity index (χ2v) is 2.63. The van der Waals surface area contributed by atoms with Crippen LogP contribution in [0.5, 0.6) is 0 Å². The number of aromatic nitrogens is 4. The van der Waals surface area contributed by atoms with Gasteiger partial charge in [0.2, 0.25) is 5.95 Å². The highest BCUT2D eigenvalue weighted by molar-refractivity contribution is 5.30. The molecule has 5 heteroatoms. The number of nitrogens with two attached hydrogens (primary N) is 1. The third-order valence-corrected chi connectivity index (χ3v) is 1.71. The Morgan fingerprint density at radius 3 is 2.77 bits per heavy atom. The second kappa shape index (κ2) is 2.85. The fourth-order valence-corrected chi connectivity index (χ4v) is 1.07. The largest absolute Gasteiger partial charge is 0.384 e. The summed E-state index contributed by atoms with van der Waals surface area (Å²) in [6.07, 6.45) is 5.11. The van der Waals surface area contributed by atoms with Crippen molar-refractivity contribution in [2.24, 2.45) is 0 Å². The van der Waals surface area contributed by atoms with Crippen LogP contribution < -0.4 is 5.73 Å². The van der Waals surface area contributed by atoms with Gasteiger partial charge in [0.15, 0.2) is 0 Å². The summed E-state index contributed by atoms with van der Waals surface area (Å²) < 4.78 is 1.77. The molecule has 2 aromatic heterocycles. The molecule has 13 heavy (non-hydrogen) atoms. The molecule has 5 nitrogen and oxygen atoms in total. The predicted molar refractivity (Wildman–Crippen MR) is 48.3 cm³/mol. The quantitative estimate of drug-likeness (QED) is 0.687. The third kappa shape index (κ3) is 1.35. The van der Waals surface area contributed by atoms with Gasteiger partial charge in [-0.1, -0.05) is 0 Å². The van der Waals surface area contributed by atoms with Crippen LogP contribution in [-0.2, 0) is 0 Å². The van der Waals surface area contributed by atoms with Crippen LogP contribution in [0.4, 0.5) is 5.82 Å². The Labute approximate surface area is 75.3 Å². The molecular formula is C8H9N5. The third-order valence-electron chi connectivity index (χ3n) is 1.71. The maximum absolute atomic E-state index is 5.53. The van der Waals surface area contributed by atoms with E-state index < -0.39 is 0 Å².